The van der Waals surface area contributed by atoms with Crippen LogP contribution in [0.25, 0.3) is 0 Å². The van der Waals surface area contributed by atoms with Crippen LogP contribution in [0.4, 0.5) is 0 Å². The maximum atomic E-state index is 5.43. The first-order valence-electron chi connectivity index (χ1n) is 5.61. The van der Waals surface area contributed by atoms with E-state index < -0.39 is 5.97 Å². The van der Waals surface area contributed by atoms with Crippen LogP contribution in [0.5, 0.6) is 0 Å². The Kier molecular flexibility index (Phi) is 6.48. The predicted molar refractivity (Wildman–Crippen MR) is 62.2 cm³/mol. The van der Waals surface area contributed by atoms with Gasteiger partial charge in [-0.15, -0.1) is 0 Å². The van der Waals surface area contributed by atoms with Crippen molar-refractivity contribution in [3.8, 4) is 0 Å². The molecule has 1 heterocycles. The molecule has 6 heteroatoms. The smallest absolute Gasteiger partial charge is 0.272 e. The summed E-state index contributed by atoms with van der Waals surface area (Å²) >= 11 is 0. The van der Waals surface area contributed by atoms with Crippen LogP contribution < -0.4 is 0 Å². The third-order valence-corrected chi connectivity index (χ3v) is 3.28. The van der Waals surface area contributed by atoms with Gasteiger partial charge in [0.1, 0.15) is 6.10 Å². The molecule has 96 valence electrons. The van der Waals surface area contributed by atoms with Crippen molar-refractivity contribution in [2.24, 2.45) is 0 Å². The van der Waals surface area contributed by atoms with Crippen LogP contribution in [0, 0.1) is 0 Å². The first-order valence-corrected chi connectivity index (χ1v) is 6.43. The largest absolute Gasteiger partial charge is 0.380 e. The van der Waals surface area contributed by atoms with Gasteiger partial charge in [-0.1, -0.05) is 0 Å². The number of hydrogen-bond donors (Lipinski definition) is 0. The van der Waals surface area contributed by atoms with Crippen LogP contribution in [0.15, 0.2) is 0 Å². The number of methoxy groups -OCH3 is 2. The Morgan fingerprint density at radius 2 is 2.00 bits per heavy atom. The van der Waals surface area contributed by atoms with Gasteiger partial charge in [0, 0.05) is 27.2 Å². The second-order valence-electron chi connectivity index (χ2n) is 3.78. The lowest BCUT2D eigenvalue weighted by Crippen LogP contribution is -2.36. The van der Waals surface area contributed by atoms with Gasteiger partial charge < -0.3 is 23.4 Å². The summed E-state index contributed by atoms with van der Waals surface area (Å²) < 4.78 is 26.2. The van der Waals surface area contributed by atoms with Gasteiger partial charge in [-0.2, -0.15) is 0 Å². The van der Waals surface area contributed by atoms with Gasteiger partial charge >= 0.3 is 0 Å². The highest BCUT2D eigenvalue weighted by molar-refractivity contribution is 5.98. The zero-order chi connectivity index (χ0) is 11.9. The number of rotatable bonds is 10. The van der Waals surface area contributed by atoms with E-state index >= 15 is 0 Å². The lowest BCUT2D eigenvalue weighted by molar-refractivity contribution is -0.325. The van der Waals surface area contributed by atoms with Crippen LogP contribution in [0.3, 0.4) is 0 Å². The van der Waals surface area contributed by atoms with Gasteiger partial charge in [0.15, 0.2) is 10.5 Å². The fourth-order valence-electron chi connectivity index (χ4n) is 1.48. The second-order valence-corrected chi connectivity index (χ2v) is 4.19. The summed E-state index contributed by atoms with van der Waals surface area (Å²) in [6.07, 6.45) is 3.01. The molecule has 1 aliphatic heterocycles. The molecule has 0 aromatic heterocycles. The van der Waals surface area contributed by atoms with E-state index in [0.29, 0.717) is 16.6 Å². The summed E-state index contributed by atoms with van der Waals surface area (Å²) in [5.74, 6) is -0.841. The first kappa shape index (κ1) is 14.1. The molecule has 0 spiro atoms. The summed E-state index contributed by atoms with van der Waals surface area (Å²) in [7, 11) is 3.79. The molecular formula is C10H22O5Si. The Labute approximate surface area is 99.9 Å². The lowest BCUT2D eigenvalue weighted by Gasteiger charge is -2.29. The molecule has 0 aromatic rings. The minimum atomic E-state index is -0.841. The summed E-state index contributed by atoms with van der Waals surface area (Å²) in [4.78, 5) is 0. The number of ether oxygens (including phenoxy) is 4. The molecule has 0 saturated carbocycles. The molecule has 0 N–H and O–H groups in total. The van der Waals surface area contributed by atoms with Crippen molar-refractivity contribution in [3.05, 3.63) is 0 Å². The maximum Gasteiger partial charge on any atom is 0.272 e. The van der Waals surface area contributed by atoms with Crippen molar-refractivity contribution in [2.75, 3.05) is 34.0 Å². The van der Waals surface area contributed by atoms with Gasteiger partial charge in [-0.25, -0.2) is 0 Å². The lowest BCUT2D eigenvalue weighted by atomic mass is 10.2. The SMILES string of the molecule is COC(CCCCOCC1CO1)(OC)O[SiH3]. The summed E-state index contributed by atoms with van der Waals surface area (Å²) in [6, 6.07) is 0. The average Bonchev–Trinajstić information content (AvgIpc) is 3.13. The normalized spacial score (nSPS) is 20.2. The number of unbranched alkanes of at least 4 members (excludes halogenated alkanes) is 1. The monoisotopic (exact) mass is 250 g/mol. The highest BCUT2D eigenvalue weighted by atomic mass is 28.2. The van der Waals surface area contributed by atoms with E-state index in [0.717, 1.165) is 39.1 Å². The molecule has 1 saturated heterocycles. The van der Waals surface area contributed by atoms with Crippen molar-refractivity contribution >= 4 is 10.5 Å². The summed E-state index contributed by atoms with van der Waals surface area (Å²) in [6.45, 7) is 2.33. The van der Waals surface area contributed by atoms with E-state index in [-0.39, 0.29) is 0 Å². The Morgan fingerprint density at radius 1 is 1.31 bits per heavy atom. The van der Waals surface area contributed by atoms with Crippen molar-refractivity contribution in [2.45, 2.75) is 31.3 Å². The van der Waals surface area contributed by atoms with Crippen molar-refractivity contribution in [1.82, 2.24) is 0 Å². The highest BCUT2D eigenvalue weighted by Crippen LogP contribution is 2.19. The molecule has 0 bridgehead atoms. The average molecular weight is 250 g/mol. The van der Waals surface area contributed by atoms with Gasteiger partial charge in [0.2, 0.25) is 0 Å². The zero-order valence-corrected chi connectivity index (χ0v) is 12.4. The van der Waals surface area contributed by atoms with E-state index in [2.05, 4.69) is 0 Å². The molecular weight excluding hydrogens is 228 g/mol. The molecule has 16 heavy (non-hydrogen) atoms. The van der Waals surface area contributed by atoms with E-state index in [9.17, 15) is 0 Å². The molecule has 1 aliphatic rings. The number of epoxide rings is 1. The van der Waals surface area contributed by atoms with Gasteiger partial charge in [0.25, 0.3) is 5.97 Å². The van der Waals surface area contributed by atoms with Crippen LogP contribution in [0.1, 0.15) is 19.3 Å². The van der Waals surface area contributed by atoms with Gasteiger partial charge in [-0.3, -0.25) is 0 Å². The van der Waals surface area contributed by atoms with Crippen LogP contribution in [0.2, 0.25) is 0 Å². The third kappa shape index (κ3) is 4.90. The Morgan fingerprint density at radius 3 is 2.50 bits per heavy atom. The molecule has 0 aromatic carbocycles. The second kappa shape index (κ2) is 7.36. The standard InChI is InChI=1S/C10H22O5Si/c1-11-10(12-2,15-16)5-3-4-6-13-7-9-8-14-9/h9H,3-8H2,1-2,16H3. The third-order valence-electron chi connectivity index (χ3n) is 2.66. The van der Waals surface area contributed by atoms with Crippen molar-refractivity contribution in [3.63, 3.8) is 0 Å². The fourth-order valence-corrected chi connectivity index (χ4v) is 2.02. The minimum absolute atomic E-state index is 0.349. The van der Waals surface area contributed by atoms with E-state index in [1.807, 2.05) is 0 Å². The van der Waals surface area contributed by atoms with Gasteiger partial charge in [-0.05, 0) is 12.8 Å². The van der Waals surface area contributed by atoms with Crippen molar-refractivity contribution < 1.29 is 23.4 Å². The zero-order valence-electron chi connectivity index (χ0n) is 10.4. The fraction of sp³-hybridized carbons (Fsp3) is 1.00. The topological polar surface area (TPSA) is 49.5 Å². The number of hydrogen-bond acceptors (Lipinski definition) is 5. The quantitative estimate of drug-likeness (QED) is 0.233. The summed E-state index contributed by atoms with van der Waals surface area (Å²) in [5, 5.41) is 0. The minimum Gasteiger partial charge on any atom is -0.380 e. The van der Waals surface area contributed by atoms with E-state index in [1.165, 1.54) is 0 Å². The van der Waals surface area contributed by atoms with Crippen LogP contribution >= 0.6 is 0 Å². The van der Waals surface area contributed by atoms with E-state index in [1.54, 1.807) is 14.2 Å². The molecule has 1 atom stereocenters. The Balaban J connectivity index is 1.98. The molecule has 1 rings (SSSR count). The molecule has 0 radical (unpaired) electrons. The molecule has 1 fully saturated rings. The van der Waals surface area contributed by atoms with Gasteiger partial charge in [0.05, 0.1) is 13.2 Å². The van der Waals surface area contributed by atoms with E-state index in [4.69, 9.17) is 23.4 Å². The predicted octanol–water partition coefficient (Wildman–Crippen LogP) is -0.184. The maximum absolute atomic E-state index is 5.43. The van der Waals surface area contributed by atoms with Crippen molar-refractivity contribution in [1.29, 1.82) is 0 Å². The first-order chi connectivity index (χ1) is 7.76. The van der Waals surface area contributed by atoms with Crippen LogP contribution in [-0.4, -0.2) is 56.6 Å². The Hall–Kier alpha value is 0.0169. The molecule has 5 nitrogen and oxygen atoms in total. The highest BCUT2D eigenvalue weighted by Gasteiger charge is 2.27. The Bertz CT molecular complexity index is 174. The molecule has 0 amide bonds. The summed E-state index contributed by atoms with van der Waals surface area (Å²) in [5.41, 5.74) is 0. The van der Waals surface area contributed by atoms with Crippen LogP contribution in [-0.2, 0) is 23.4 Å². The molecule has 0 aliphatic carbocycles. The molecule has 1 unspecified atom stereocenters.